The third-order valence-electron chi connectivity index (χ3n) is 2.00. The molecule has 1 rings (SSSR count). The van der Waals surface area contributed by atoms with Gasteiger partial charge in [0.25, 0.3) is 5.91 Å². The summed E-state index contributed by atoms with van der Waals surface area (Å²) in [6.07, 6.45) is 0.758. The molecule has 7 nitrogen and oxygen atoms in total. The van der Waals surface area contributed by atoms with Crippen molar-refractivity contribution >= 4 is 17.8 Å². The van der Waals surface area contributed by atoms with Gasteiger partial charge in [-0.15, -0.1) is 0 Å². The lowest BCUT2D eigenvalue weighted by Gasteiger charge is -2.12. The number of carboxylic acids is 2. The second kappa shape index (κ2) is 5.69. The Kier molecular flexibility index (Phi) is 4.27. The maximum absolute atomic E-state index is 11.4. The fourth-order valence-electron chi connectivity index (χ4n) is 1.16. The Hall–Kier alpha value is -2.31. The van der Waals surface area contributed by atoms with Gasteiger partial charge in [-0.3, -0.25) is 9.59 Å². The number of carbonyl (C=O) groups excluding carboxylic acids is 1. The minimum Gasteiger partial charge on any atom is -0.481 e. The molecule has 0 aliphatic rings. The van der Waals surface area contributed by atoms with Crippen LogP contribution in [0.2, 0.25) is 0 Å². The molecule has 1 unspecified atom stereocenters. The predicted molar refractivity (Wildman–Crippen MR) is 54.5 cm³/mol. The second-order valence-electron chi connectivity index (χ2n) is 3.27. The molecule has 0 aliphatic heterocycles. The lowest BCUT2D eigenvalue weighted by atomic mass is 10.1. The van der Waals surface area contributed by atoms with E-state index in [1.807, 2.05) is 0 Å². The predicted octanol–water partition coefficient (Wildman–Crippen LogP) is 0.327. The third kappa shape index (κ3) is 3.98. The lowest BCUT2D eigenvalue weighted by Crippen LogP contribution is -2.40. The van der Waals surface area contributed by atoms with Gasteiger partial charge in [0.15, 0.2) is 5.76 Å². The molecule has 0 spiro atoms. The molecule has 0 aliphatic carbocycles. The zero-order chi connectivity index (χ0) is 12.8. The third-order valence-corrected chi connectivity index (χ3v) is 2.00. The van der Waals surface area contributed by atoms with Crippen LogP contribution in [-0.2, 0) is 9.59 Å². The number of hydrogen-bond donors (Lipinski definition) is 3. The van der Waals surface area contributed by atoms with Crippen molar-refractivity contribution in [1.82, 2.24) is 5.32 Å². The summed E-state index contributed by atoms with van der Waals surface area (Å²) < 4.78 is 4.78. The van der Waals surface area contributed by atoms with E-state index >= 15 is 0 Å². The second-order valence-corrected chi connectivity index (χ2v) is 3.27. The van der Waals surface area contributed by atoms with Crippen molar-refractivity contribution in [3.05, 3.63) is 24.2 Å². The van der Waals surface area contributed by atoms with Crippen LogP contribution >= 0.6 is 0 Å². The van der Waals surface area contributed by atoms with Crippen molar-refractivity contribution in [1.29, 1.82) is 0 Å². The number of aliphatic carboxylic acids is 2. The van der Waals surface area contributed by atoms with Gasteiger partial charge in [-0.05, 0) is 18.6 Å². The Labute approximate surface area is 96.0 Å². The Balaban J connectivity index is 2.58. The summed E-state index contributed by atoms with van der Waals surface area (Å²) in [4.78, 5) is 32.5. The van der Waals surface area contributed by atoms with E-state index in [0.717, 1.165) is 0 Å². The van der Waals surface area contributed by atoms with Crippen molar-refractivity contribution in [2.75, 3.05) is 0 Å². The summed E-state index contributed by atoms with van der Waals surface area (Å²) in [5, 5.41) is 19.4. The molecular formula is C10H11NO6. The van der Waals surface area contributed by atoms with Crippen molar-refractivity contribution in [2.24, 2.45) is 0 Å². The standard InChI is InChI=1S/C10H11NO6/c12-8(13)4-3-6(10(15)16)11-9(14)7-2-1-5-17-7/h1-2,5-6H,3-4H2,(H,11,14)(H,12,13)(H,15,16). The minimum atomic E-state index is -1.29. The van der Waals surface area contributed by atoms with E-state index in [0.29, 0.717) is 0 Å². The SMILES string of the molecule is O=C(O)CCC(NC(=O)c1ccco1)C(=O)O. The molecular weight excluding hydrogens is 230 g/mol. The van der Waals surface area contributed by atoms with Crippen LogP contribution in [0.15, 0.2) is 22.8 Å². The summed E-state index contributed by atoms with van der Waals surface area (Å²) in [6, 6.07) is 1.62. The van der Waals surface area contributed by atoms with Gasteiger partial charge >= 0.3 is 11.9 Å². The first-order valence-corrected chi connectivity index (χ1v) is 4.79. The van der Waals surface area contributed by atoms with Gasteiger partial charge < -0.3 is 19.9 Å². The smallest absolute Gasteiger partial charge is 0.326 e. The molecule has 0 saturated carbocycles. The highest BCUT2D eigenvalue weighted by Gasteiger charge is 2.22. The minimum absolute atomic E-state index is 0.0217. The van der Waals surface area contributed by atoms with Gasteiger partial charge in [0, 0.05) is 6.42 Å². The Morgan fingerprint density at radius 1 is 1.35 bits per heavy atom. The fourth-order valence-corrected chi connectivity index (χ4v) is 1.16. The van der Waals surface area contributed by atoms with Crippen molar-refractivity contribution in [2.45, 2.75) is 18.9 Å². The van der Waals surface area contributed by atoms with E-state index in [2.05, 4.69) is 5.32 Å². The topological polar surface area (TPSA) is 117 Å². The summed E-state index contributed by atoms with van der Waals surface area (Å²) in [5.41, 5.74) is 0. The van der Waals surface area contributed by atoms with Crippen LogP contribution in [0.5, 0.6) is 0 Å². The first-order chi connectivity index (χ1) is 8.00. The largest absolute Gasteiger partial charge is 0.481 e. The van der Waals surface area contributed by atoms with Crippen LogP contribution in [-0.4, -0.2) is 34.1 Å². The molecule has 1 heterocycles. The molecule has 0 aromatic carbocycles. The van der Waals surface area contributed by atoms with Crippen LogP contribution in [0.4, 0.5) is 0 Å². The average molecular weight is 241 g/mol. The highest BCUT2D eigenvalue weighted by atomic mass is 16.4. The van der Waals surface area contributed by atoms with Crippen LogP contribution in [0, 0.1) is 0 Å². The molecule has 0 radical (unpaired) electrons. The van der Waals surface area contributed by atoms with E-state index in [1.165, 1.54) is 18.4 Å². The normalized spacial score (nSPS) is 11.8. The summed E-state index contributed by atoms with van der Waals surface area (Å²) >= 11 is 0. The number of furan rings is 1. The highest BCUT2D eigenvalue weighted by molar-refractivity contribution is 5.94. The molecule has 0 fully saturated rings. The van der Waals surface area contributed by atoms with Crippen LogP contribution < -0.4 is 5.32 Å². The molecule has 3 N–H and O–H groups in total. The Morgan fingerprint density at radius 3 is 2.53 bits per heavy atom. The van der Waals surface area contributed by atoms with Crippen LogP contribution in [0.25, 0.3) is 0 Å². The van der Waals surface area contributed by atoms with E-state index in [1.54, 1.807) is 0 Å². The van der Waals surface area contributed by atoms with E-state index in [4.69, 9.17) is 14.6 Å². The maximum atomic E-state index is 11.4. The van der Waals surface area contributed by atoms with E-state index in [9.17, 15) is 14.4 Å². The van der Waals surface area contributed by atoms with Gasteiger partial charge in [0.05, 0.1) is 6.26 Å². The molecule has 92 valence electrons. The molecule has 0 saturated heterocycles. The molecule has 1 aromatic heterocycles. The van der Waals surface area contributed by atoms with Crippen LogP contribution in [0.1, 0.15) is 23.4 Å². The summed E-state index contributed by atoms with van der Waals surface area (Å²) in [5.74, 6) is -3.12. The van der Waals surface area contributed by atoms with Gasteiger partial charge in [-0.25, -0.2) is 4.79 Å². The number of amides is 1. The highest BCUT2D eigenvalue weighted by Crippen LogP contribution is 2.03. The lowest BCUT2D eigenvalue weighted by molar-refractivity contribution is -0.140. The number of nitrogens with one attached hydrogen (secondary N) is 1. The van der Waals surface area contributed by atoms with E-state index in [-0.39, 0.29) is 18.6 Å². The monoisotopic (exact) mass is 241 g/mol. The molecule has 17 heavy (non-hydrogen) atoms. The zero-order valence-corrected chi connectivity index (χ0v) is 8.75. The molecule has 7 heteroatoms. The van der Waals surface area contributed by atoms with Crippen molar-refractivity contribution in [3.8, 4) is 0 Å². The van der Waals surface area contributed by atoms with Gasteiger partial charge in [-0.1, -0.05) is 0 Å². The quantitative estimate of drug-likeness (QED) is 0.660. The van der Waals surface area contributed by atoms with Gasteiger partial charge in [-0.2, -0.15) is 0 Å². The molecule has 1 atom stereocenters. The van der Waals surface area contributed by atoms with Gasteiger partial charge in [0.1, 0.15) is 6.04 Å². The first kappa shape index (κ1) is 12.8. The maximum Gasteiger partial charge on any atom is 0.326 e. The number of carboxylic acid groups (broad SMARTS) is 2. The molecule has 0 bridgehead atoms. The summed E-state index contributed by atoms with van der Waals surface area (Å²) in [6.45, 7) is 0. The average Bonchev–Trinajstić information content (AvgIpc) is 2.76. The number of carbonyl (C=O) groups is 3. The molecule has 1 amide bonds. The number of hydrogen-bond acceptors (Lipinski definition) is 4. The van der Waals surface area contributed by atoms with Crippen molar-refractivity contribution < 1.29 is 29.0 Å². The number of rotatable bonds is 6. The van der Waals surface area contributed by atoms with Crippen LogP contribution in [0.3, 0.4) is 0 Å². The van der Waals surface area contributed by atoms with Gasteiger partial charge in [0.2, 0.25) is 0 Å². The Morgan fingerprint density at radius 2 is 2.06 bits per heavy atom. The fraction of sp³-hybridized carbons (Fsp3) is 0.300. The van der Waals surface area contributed by atoms with Crippen molar-refractivity contribution in [3.63, 3.8) is 0 Å². The summed E-state index contributed by atoms with van der Waals surface area (Å²) in [7, 11) is 0. The molecule has 1 aromatic rings. The Bertz CT molecular complexity index is 410. The first-order valence-electron chi connectivity index (χ1n) is 4.79. The zero-order valence-electron chi connectivity index (χ0n) is 8.75. The van der Waals surface area contributed by atoms with E-state index < -0.39 is 23.9 Å².